The van der Waals surface area contributed by atoms with Gasteiger partial charge < -0.3 is 4.74 Å². The maximum atomic E-state index is 14.2. The zero-order valence-electron chi connectivity index (χ0n) is 16.1. The van der Waals surface area contributed by atoms with E-state index in [0.29, 0.717) is 36.0 Å². The molecule has 0 atom stereocenters. The van der Waals surface area contributed by atoms with E-state index in [1.54, 1.807) is 11.0 Å². The largest absolute Gasteiger partial charge is 0.379 e. The van der Waals surface area contributed by atoms with Crippen molar-refractivity contribution in [3.63, 3.8) is 0 Å². The van der Waals surface area contributed by atoms with Crippen molar-refractivity contribution in [2.45, 2.75) is 4.90 Å². The third-order valence-electron chi connectivity index (χ3n) is 4.92. The summed E-state index contributed by atoms with van der Waals surface area (Å²) in [4.78, 5) is 22.9. The lowest BCUT2D eigenvalue weighted by molar-refractivity contribution is 0.0391. The van der Waals surface area contributed by atoms with Gasteiger partial charge in [0.25, 0.3) is 5.91 Å². The van der Waals surface area contributed by atoms with Gasteiger partial charge in [0.1, 0.15) is 11.3 Å². The lowest BCUT2D eigenvalue weighted by atomic mass is 10.2. The highest BCUT2D eigenvalue weighted by Crippen LogP contribution is 2.32. The number of thioether (sulfide) groups is 1. The van der Waals surface area contributed by atoms with Gasteiger partial charge in [-0.05, 0) is 30.5 Å². The lowest BCUT2D eigenvalue weighted by Gasteiger charge is -2.29. The zero-order chi connectivity index (χ0) is 20.2. The van der Waals surface area contributed by atoms with Crippen LogP contribution in [-0.2, 0) is 4.74 Å². The molecule has 0 bridgehead atoms. The van der Waals surface area contributed by atoms with Crippen molar-refractivity contribution in [2.75, 3.05) is 50.5 Å². The molecule has 0 N–H and O–H groups in total. The van der Waals surface area contributed by atoms with Crippen LogP contribution in [0.5, 0.6) is 0 Å². The number of thiazole rings is 1. The van der Waals surface area contributed by atoms with Crippen molar-refractivity contribution < 1.29 is 13.9 Å². The third kappa shape index (κ3) is 4.45. The number of halogens is 1. The molecule has 1 aliphatic rings. The summed E-state index contributed by atoms with van der Waals surface area (Å²) in [5.74, 6) is -0.474. The molecule has 3 aromatic rings. The maximum absolute atomic E-state index is 14.2. The Morgan fingerprint density at radius 3 is 2.79 bits per heavy atom. The van der Waals surface area contributed by atoms with Crippen LogP contribution in [0.3, 0.4) is 0 Å². The van der Waals surface area contributed by atoms with E-state index in [0.717, 1.165) is 29.2 Å². The second-order valence-corrected chi connectivity index (χ2v) is 8.55. The Hall–Kier alpha value is -2.00. The number of para-hydroxylation sites is 1. The van der Waals surface area contributed by atoms with E-state index in [1.807, 2.05) is 36.6 Å². The highest BCUT2D eigenvalue weighted by molar-refractivity contribution is 7.98. The van der Waals surface area contributed by atoms with Gasteiger partial charge in [-0.3, -0.25) is 14.6 Å². The van der Waals surface area contributed by atoms with E-state index in [4.69, 9.17) is 4.74 Å². The van der Waals surface area contributed by atoms with Gasteiger partial charge in [0.05, 0.1) is 23.5 Å². The minimum atomic E-state index is -0.366. The van der Waals surface area contributed by atoms with Crippen molar-refractivity contribution in [1.29, 1.82) is 0 Å². The predicted molar refractivity (Wildman–Crippen MR) is 117 cm³/mol. The Labute approximate surface area is 177 Å². The molecule has 0 unspecified atom stereocenters. The summed E-state index contributed by atoms with van der Waals surface area (Å²) < 4.78 is 20.4. The fourth-order valence-corrected chi connectivity index (χ4v) is 4.93. The quantitative estimate of drug-likeness (QED) is 0.549. The number of amides is 1. The molecule has 29 heavy (non-hydrogen) atoms. The van der Waals surface area contributed by atoms with Gasteiger partial charge in [-0.15, -0.1) is 11.8 Å². The van der Waals surface area contributed by atoms with Crippen LogP contribution in [0.4, 0.5) is 9.52 Å². The van der Waals surface area contributed by atoms with E-state index in [9.17, 15) is 9.18 Å². The van der Waals surface area contributed by atoms with Crippen LogP contribution >= 0.6 is 23.1 Å². The van der Waals surface area contributed by atoms with Crippen molar-refractivity contribution in [1.82, 2.24) is 9.88 Å². The SMILES string of the molecule is CSc1ccccc1C(=O)N(CCN1CCOCC1)c1nc2c(F)cccc2s1. The molecular formula is C21H22FN3O2S2. The number of carbonyl (C=O) groups excluding carboxylic acids is 1. The Morgan fingerprint density at radius 2 is 2.03 bits per heavy atom. The first-order valence-electron chi connectivity index (χ1n) is 9.47. The summed E-state index contributed by atoms with van der Waals surface area (Å²) in [6.45, 7) is 4.30. The molecule has 1 amide bonds. The molecule has 1 saturated heterocycles. The molecular weight excluding hydrogens is 409 g/mol. The normalized spacial score (nSPS) is 15.0. The van der Waals surface area contributed by atoms with Crippen LogP contribution < -0.4 is 4.90 Å². The summed E-state index contributed by atoms with van der Waals surface area (Å²) in [5, 5.41) is 0.527. The Kier molecular flexibility index (Phi) is 6.44. The molecule has 1 aliphatic heterocycles. The Morgan fingerprint density at radius 1 is 1.24 bits per heavy atom. The Balaban J connectivity index is 1.67. The van der Waals surface area contributed by atoms with Crippen molar-refractivity contribution in [3.8, 4) is 0 Å². The first-order valence-corrected chi connectivity index (χ1v) is 11.5. The van der Waals surface area contributed by atoms with Crippen LogP contribution in [0.15, 0.2) is 47.4 Å². The molecule has 2 aromatic carbocycles. The summed E-state index contributed by atoms with van der Waals surface area (Å²) in [6, 6.07) is 12.5. The van der Waals surface area contributed by atoms with Crippen LogP contribution in [0, 0.1) is 5.82 Å². The van der Waals surface area contributed by atoms with Crippen LogP contribution in [0.25, 0.3) is 10.2 Å². The standard InChI is InChI=1S/C21H22FN3O2S2/c1-28-17-7-3-2-5-15(17)20(26)25(10-9-24-11-13-27-14-12-24)21-23-19-16(22)6-4-8-18(19)29-21/h2-8H,9-14H2,1H3. The topological polar surface area (TPSA) is 45.7 Å². The van der Waals surface area contributed by atoms with Crippen LogP contribution in [-0.4, -0.2) is 61.4 Å². The fourth-order valence-electron chi connectivity index (χ4n) is 3.34. The number of rotatable bonds is 6. The minimum Gasteiger partial charge on any atom is -0.379 e. The minimum absolute atomic E-state index is 0.109. The summed E-state index contributed by atoms with van der Waals surface area (Å²) in [6.07, 6.45) is 1.96. The molecule has 5 nitrogen and oxygen atoms in total. The number of morpholine rings is 1. The second-order valence-electron chi connectivity index (χ2n) is 6.69. The predicted octanol–water partition coefficient (Wildman–Crippen LogP) is 4.14. The molecule has 8 heteroatoms. The number of aromatic nitrogens is 1. The average molecular weight is 432 g/mol. The highest BCUT2D eigenvalue weighted by atomic mass is 32.2. The molecule has 2 heterocycles. The van der Waals surface area contributed by atoms with E-state index in [-0.39, 0.29) is 11.7 Å². The van der Waals surface area contributed by atoms with Gasteiger partial charge in [0, 0.05) is 31.1 Å². The average Bonchev–Trinajstić information content (AvgIpc) is 3.20. The molecule has 1 fully saturated rings. The summed E-state index contributed by atoms with van der Waals surface area (Å²) in [5.41, 5.74) is 0.955. The number of hydrogen-bond donors (Lipinski definition) is 0. The molecule has 0 spiro atoms. The van der Waals surface area contributed by atoms with Crippen molar-refractivity contribution in [2.24, 2.45) is 0 Å². The van der Waals surface area contributed by atoms with E-state index < -0.39 is 0 Å². The maximum Gasteiger partial charge on any atom is 0.261 e. The van der Waals surface area contributed by atoms with Crippen molar-refractivity contribution >= 4 is 44.4 Å². The van der Waals surface area contributed by atoms with E-state index in [1.165, 1.54) is 29.2 Å². The van der Waals surface area contributed by atoms with E-state index >= 15 is 0 Å². The molecule has 0 saturated carbocycles. The van der Waals surface area contributed by atoms with Crippen LogP contribution in [0.1, 0.15) is 10.4 Å². The molecule has 0 radical (unpaired) electrons. The first-order chi connectivity index (χ1) is 14.2. The fraction of sp³-hybridized carbons (Fsp3) is 0.333. The first kappa shape index (κ1) is 20.3. The Bertz CT molecular complexity index is 1000. The number of benzene rings is 2. The smallest absolute Gasteiger partial charge is 0.261 e. The lowest BCUT2D eigenvalue weighted by Crippen LogP contribution is -2.43. The van der Waals surface area contributed by atoms with Crippen LogP contribution in [0.2, 0.25) is 0 Å². The monoisotopic (exact) mass is 431 g/mol. The van der Waals surface area contributed by atoms with E-state index in [2.05, 4.69) is 9.88 Å². The summed E-state index contributed by atoms with van der Waals surface area (Å²) in [7, 11) is 0. The van der Waals surface area contributed by atoms with Gasteiger partial charge in [0.2, 0.25) is 0 Å². The molecule has 0 aliphatic carbocycles. The third-order valence-corrected chi connectivity index (χ3v) is 6.75. The number of ether oxygens (including phenoxy) is 1. The van der Waals surface area contributed by atoms with Crippen molar-refractivity contribution in [3.05, 3.63) is 53.8 Å². The number of nitrogens with zero attached hydrogens (tertiary/aromatic N) is 3. The highest BCUT2D eigenvalue weighted by Gasteiger charge is 2.25. The zero-order valence-corrected chi connectivity index (χ0v) is 17.8. The number of carbonyl (C=O) groups is 1. The van der Waals surface area contributed by atoms with Gasteiger partial charge in [-0.1, -0.05) is 29.5 Å². The van der Waals surface area contributed by atoms with Gasteiger partial charge in [-0.2, -0.15) is 0 Å². The molecule has 4 rings (SSSR count). The number of fused-ring (bicyclic) bond motifs is 1. The van der Waals surface area contributed by atoms with Gasteiger partial charge >= 0.3 is 0 Å². The molecule has 152 valence electrons. The molecule has 1 aromatic heterocycles. The summed E-state index contributed by atoms with van der Waals surface area (Å²) >= 11 is 2.89. The number of hydrogen-bond acceptors (Lipinski definition) is 6. The van der Waals surface area contributed by atoms with Gasteiger partial charge in [-0.25, -0.2) is 9.37 Å². The van der Waals surface area contributed by atoms with Gasteiger partial charge in [0.15, 0.2) is 5.13 Å². The number of anilines is 1. The second kappa shape index (κ2) is 9.21.